The van der Waals surface area contributed by atoms with E-state index in [4.69, 9.17) is 0 Å². The first kappa shape index (κ1) is 17.9. The molecule has 1 aromatic carbocycles. The van der Waals surface area contributed by atoms with E-state index in [-0.39, 0.29) is 18.0 Å². The van der Waals surface area contributed by atoms with Gasteiger partial charge in [-0.15, -0.1) is 11.3 Å². The number of thiazole rings is 1. The normalized spacial score (nSPS) is 13.6. The van der Waals surface area contributed by atoms with Gasteiger partial charge in [-0.2, -0.15) is 0 Å². The number of anilines is 1. The van der Waals surface area contributed by atoms with Crippen LogP contribution in [0.3, 0.4) is 0 Å². The summed E-state index contributed by atoms with van der Waals surface area (Å²) in [6.45, 7) is 11.7. The van der Waals surface area contributed by atoms with E-state index < -0.39 is 0 Å². The van der Waals surface area contributed by atoms with Gasteiger partial charge in [-0.3, -0.25) is 4.79 Å². The molecule has 2 aromatic rings. The first-order valence-electron chi connectivity index (χ1n) is 8.98. The Balaban J connectivity index is 1.77. The number of carbonyl (C=O) groups excluding carboxylic acids is 1. The predicted octanol–water partition coefficient (Wildman–Crippen LogP) is 4.13. The number of fused-ring (bicyclic) bond motifs is 1. The van der Waals surface area contributed by atoms with Gasteiger partial charge in [-0.25, -0.2) is 4.98 Å². The van der Waals surface area contributed by atoms with Crippen molar-refractivity contribution in [1.29, 1.82) is 0 Å². The van der Waals surface area contributed by atoms with E-state index in [1.807, 2.05) is 11.8 Å². The molecule has 0 bridgehead atoms. The highest BCUT2D eigenvalue weighted by molar-refractivity contribution is 7.09. The number of aromatic nitrogens is 1. The van der Waals surface area contributed by atoms with Crippen LogP contribution >= 0.6 is 11.3 Å². The van der Waals surface area contributed by atoms with Crippen LogP contribution in [0, 0.1) is 6.92 Å². The van der Waals surface area contributed by atoms with Crippen molar-refractivity contribution < 1.29 is 4.79 Å². The van der Waals surface area contributed by atoms with E-state index >= 15 is 0 Å². The van der Waals surface area contributed by atoms with Gasteiger partial charge in [0.25, 0.3) is 0 Å². The molecule has 134 valence electrons. The number of amides is 1. The van der Waals surface area contributed by atoms with E-state index in [1.165, 1.54) is 16.8 Å². The molecular weight excluding hydrogens is 330 g/mol. The third-order valence-electron chi connectivity index (χ3n) is 4.71. The standard InChI is InChI=1S/C20H27N3OS/c1-13(2)23(14(3)4)20(24)11-22-9-8-17-10-16(6-7-19(17)22)18-12-25-15(5)21-18/h6-7,10,12-14H,8-9,11H2,1-5H3. The van der Waals surface area contributed by atoms with Crippen LogP contribution in [0.4, 0.5) is 5.69 Å². The number of hydrogen-bond donors (Lipinski definition) is 0. The van der Waals surface area contributed by atoms with Crippen LogP contribution in [-0.4, -0.2) is 41.0 Å². The van der Waals surface area contributed by atoms with Crippen molar-refractivity contribution in [3.8, 4) is 11.3 Å². The summed E-state index contributed by atoms with van der Waals surface area (Å²) in [5.74, 6) is 0.206. The lowest BCUT2D eigenvalue weighted by Crippen LogP contribution is -2.47. The summed E-state index contributed by atoms with van der Waals surface area (Å²) in [5, 5.41) is 3.20. The Bertz CT molecular complexity index is 758. The Morgan fingerprint density at radius 1 is 1.28 bits per heavy atom. The second-order valence-corrected chi connectivity index (χ2v) is 8.32. The maximum Gasteiger partial charge on any atom is 0.242 e. The molecule has 3 rings (SSSR count). The molecule has 0 atom stereocenters. The summed E-state index contributed by atoms with van der Waals surface area (Å²) in [7, 11) is 0. The predicted molar refractivity (Wildman–Crippen MR) is 105 cm³/mol. The van der Waals surface area contributed by atoms with Gasteiger partial charge < -0.3 is 9.80 Å². The van der Waals surface area contributed by atoms with Crippen LogP contribution < -0.4 is 4.90 Å². The highest BCUT2D eigenvalue weighted by Crippen LogP contribution is 2.32. The Morgan fingerprint density at radius 2 is 2.00 bits per heavy atom. The number of hydrogen-bond acceptors (Lipinski definition) is 4. The zero-order valence-corrected chi connectivity index (χ0v) is 16.6. The second kappa shape index (κ2) is 7.16. The molecule has 4 nitrogen and oxygen atoms in total. The summed E-state index contributed by atoms with van der Waals surface area (Å²) in [6.07, 6.45) is 0.989. The average molecular weight is 358 g/mol. The van der Waals surface area contributed by atoms with Gasteiger partial charge in [0.15, 0.2) is 0 Å². The van der Waals surface area contributed by atoms with Gasteiger partial charge in [-0.1, -0.05) is 6.07 Å². The lowest BCUT2D eigenvalue weighted by molar-refractivity contribution is -0.133. The van der Waals surface area contributed by atoms with Crippen LogP contribution in [-0.2, 0) is 11.2 Å². The summed E-state index contributed by atoms with van der Waals surface area (Å²) in [4.78, 5) is 21.5. The Morgan fingerprint density at radius 3 is 2.60 bits per heavy atom. The fourth-order valence-corrected chi connectivity index (χ4v) is 4.33. The summed E-state index contributed by atoms with van der Waals surface area (Å²) in [5.41, 5.74) is 4.72. The Hall–Kier alpha value is -1.88. The van der Waals surface area contributed by atoms with Crippen molar-refractivity contribution in [1.82, 2.24) is 9.88 Å². The van der Waals surface area contributed by atoms with Crippen molar-refractivity contribution in [3.05, 3.63) is 34.2 Å². The molecule has 5 heteroatoms. The molecule has 0 aliphatic carbocycles. The lowest BCUT2D eigenvalue weighted by atomic mass is 10.1. The van der Waals surface area contributed by atoms with Crippen LogP contribution in [0.25, 0.3) is 11.3 Å². The van der Waals surface area contributed by atoms with Gasteiger partial charge >= 0.3 is 0 Å². The van der Waals surface area contributed by atoms with Crippen LogP contribution in [0.15, 0.2) is 23.6 Å². The van der Waals surface area contributed by atoms with E-state index in [0.717, 1.165) is 23.7 Å². The molecule has 1 aromatic heterocycles. The van der Waals surface area contributed by atoms with Crippen molar-refractivity contribution in [2.45, 2.75) is 53.1 Å². The summed E-state index contributed by atoms with van der Waals surface area (Å²) < 4.78 is 0. The monoisotopic (exact) mass is 357 g/mol. The van der Waals surface area contributed by atoms with Gasteiger partial charge in [0.2, 0.25) is 5.91 Å². The molecule has 2 heterocycles. The maximum atomic E-state index is 12.8. The number of rotatable bonds is 5. The summed E-state index contributed by atoms with van der Waals surface area (Å²) in [6, 6.07) is 6.96. The van der Waals surface area contributed by atoms with Crippen molar-refractivity contribution >= 4 is 22.9 Å². The van der Waals surface area contributed by atoms with E-state index in [9.17, 15) is 4.79 Å². The third-order valence-corrected chi connectivity index (χ3v) is 5.49. The molecule has 0 saturated carbocycles. The van der Waals surface area contributed by atoms with Crippen LogP contribution in [0.5, 0.6) is 0 Å². The van der Waals surface area contributed by atoms with Crippen LogP contribution in [0.1, 0.15) is 38.3 Å². The largest absolute Gasteiger partial charge is 0.362 e. The van der Waals surface area contributed by atoms with Crippen molar-refractivity contribution in [2.24, 2.45) is 0 Å². The molecule has 25 heavy (non-hydrogen) atoms. The molecule has 0 fully saturated rings. The van der Waals surface area contributed by atoms with E-state index in [0.29, 0.717) is 6.54 Å². The molecule has 1 aliphatic rings. The number of nitrogens with zero attached hydrogens (tertiary/aromatic N) is 3. The fourth-order valence-electron chi connectivity index (χ4n) is 3.71. The first-order valence-corrected chi connectivity index (χ1v) is 9.86. The van der Waals surface area contributed by atoms with Crippen molar-refractivity contribution in [3.63, 3.8) is 0 Å². The highest BCUT2D eigenvalue weighted by atomic mass is 32.1. The minimum absolute atomic E-state index is 0.206. The average Bonchev–Trinajstić information content (AvgIpc) is 3.13. The van der Waals surface area contributed by atoms with E-state index in [2.05, 4.69) is 61.2 Å². The van der Waals surface area contributed by atoms with Crippen LogP contribution in [0.2, 0.25) is 0 Å². The summed E-state index contributed by atoms with van der Waals surface area (Å²) >= 11 is 1.68. The third kappa shape index (κ3) is 3.71. The van der Waals surface area contributed by atoms with Crippen molar-refractivity contribution in [2.75, 3.05) is 18.0 Å². The molecule has 0 radical (unpaired) electrons. The molecule has 0 N–H and O–H groups in total. The minimum Gasteiger partial charge on any atom is -0.362 e. The van der Waals surface area contributed by atoms with Gasteiger partial charge in [0, 0.05) is 35.3 Å². The lowest BCUT2D eigenvalue weighted by Gasteiger charge is -2.33. The number of carbonyl (C=O) groups is 1. The number of benzene rings is 1. The smallest absolute Gasteiger partial charge is 0.242 e. The molecule has 1 amide bonds. The maximum absolute atomic E-state index is 12.8. The number of aryl methyl sites for hydroxylation is 1. The molecule has 0 spiro atoms. The van der Waals surface area contributed by atoms with Gasteiger partial charge in [0.05, 0.1) is 17.2 Å². The Labute approximate surface area is 154 Å². The first-order chi connectivity index (χ1) is 11.9. The highest BCUT2D eigenvalue weighted by Gasteiger charge is 2.26. The zero-order chi connectivity index (χ0) is 18.1. The second-order valence-electron chi connectivity index (χ2n) is 7.26. The minimum atomic E-state index is 0.206. The topological polar surface area (TPSA) is 36.4 Å². The zero-order valence-electron chi connectivity index (χ0n) is 15.7. The van der Waals surface area contributed by atoms with Gasteiger partial charge in [-0.05, 0) is 58.7 Å². The Kier molecular flexibility index (Phi) is 5.13. The SMILES string of the molecule is Cc1nc(-c2ccc3c(c2)CCN3CC(=O)N(C(C)C)C(C)C)cs1. The quantitative estimate of drug-likeness (QED) is 0.807. The van der Waals surface area contributed by atoms with Gasteiger partial charge in [0.1, 0.15) is 0 Å². The van der Waals surface area contributed by atoms with E-state index in [1.54, 1.807) is 11.3 Å². The molecule has 0 saturated heterocycles. The fraction of sp³-hybridized carbons (Fsp3) is 0.500. The molecule has 0 unspecified atom stereocenters. The molecule has 1 aliphatic heterocycles. The molecular formula is C20H27N3OS.